The number of halogens is 1. The van der Waals surface area contributed by atoms with Crippen molar-refractivity contribution in [3.05, 3.63) is 35.6 Å². The van der Waals surface area contributed by atoms with E-state index in [1.807, 2.05) is 6.92 Å². The molecule has 0 saturated carbocycles. The summed E-state index contributed by atoms with van der Waals surface area (Å²) in [5.74, 6) is 0.312. The average Bonchev–Trinajstić information content (AvgIpc) is 2.61. The highest BCUT2D eigenvalue weighted by molar-refractivity contribution is 5.80. The second-order valence-corrected chi connectivity index (χ2v) is 7.47. The van der Waals surface area contributed by atoms with Crippen LogP contribution in [0.3, 0.4) is 0 Å². The monoisotopic (exact) mass is 362 g/mol. The van der Waals surface area contributed by atoms with Crippen LogP contribution in [0.25, 0.3) is 0 Å². The van der Waals surface area contributed by atoms with Crippen LogP contribution < -0.4 is 10.6 Å². The van der Waals surface area contributed by atoms with E-state index in [-0.39, 0.29) is 6.54 Å². The van der Waals surface area contributed by atoms with Crippen LogP contribution in [0, 0.1) is 5.82 Å². The molecule has 2 heterocycles. The maximum Gasteiger partial charge on any atom is 0.191 e. The number of benzene rings is 1. The summed E-state index contributed by atoms with van der Waals surface area (Å²) in [5, 5.41) is 17.1. The summed E-state index contributed by atoms with van der Waals surface area (Å²) in [4.78, 5) is 7.04. The predicted octanol–water partition coefficient (Wildman–Crippen LogP) is 2.43. The fourth-order valence-corrected chi connectivity index (χ4v) is 4.27. The zero-order valence-electron chi connectivity index (χ0n) is 15.8. The van der Waals surface area contributed by atoms with E-state index in [4.69, 9.17) is 0 Å². The molecule has 0 aromatic heterocycles. The summed E-state index contributed by atoms with van der Waals surface area (Å²) < 4.78 is 13.8. The Labute approximate surface area is 155 Å². The molecule has 0 radical (unpaired) electrons. The second-order valence-electron chi connectivity index (χ2n) is 7.47. The SMILES string of the molecule is CCNC(=NCC(O)c1ccccc1F)NC1CC2CCCC(C1)N2C. The number of nitrogens with zero attached hydrogens (tertiary/aromatic N) is 2. The minimum absolute atomic E-state index is 0.135. The van der Waals surface area contributed by atoms with Gasteiger partial charge in [-0.25, -0.2) is 4.39 Å². The quantitative estimate of drug-likeness (QED) is 0.556. The van der Waals surface area contributed by atoms with E-state index < -0.39 is 11.9 Å². The first-order chi connectivity index (χ1) is 12.6. The number of aliphatic hydroxyl groups is 1. The van der Waals surface area contributed by atoms with Crippen molar-refractivity contribution in [1.82, 2.24) is 15.5 Å². The number of aliphatic imine (C=N–C) groups is 1. The molecule has 0 spiro atoms. The lowest BCUT2D eigenvalue weighted by molar-refractivity contribution is 0.0526. The molecule has 2 aliphatic heterocycles. The average molecular weight is 362 g/mol. The van der Waals surface area contributed by atoms with Gasteiger partial charge in [-0.1, -0.05) is 24.6 Å². The smallest absolute Gasteiger partial charge is 0.191 e. The molecule has 26 heavy (non-hydrogen) atoms. The highest BCUT2D eigenvalue weighted by atomic mass is 19.1. The van der Waals surface area contributed by atoms with Crippen LogP contribution in [0.1, 0.15) is 50.7 Å². The molecule has 0 aliphatic carbocycles. The van der Waals surface area contributed by atoms with Gasteiger partial charge in [0.25, 0.3) is 0 Å². The maximum absolute atomic E-state index is 13.8. The Morgan fingerprint density at radius 2 is 2.00 bits per heavy atom. The van der Waals surface area contributed by atoms with Gasteiger partial charge in [-0.15, -0.1) is 0 Å². The number of nitrogens with one attached hydrogen (secondary N) is 2. The van der Waals surface area contributed by atoms with Crippen molar-refractivity contribution in [2.75, 3.05) is 20.1 Å². The van der Waals surface area contributed by atoms with E-state index in [1.165, 1.54) is 25.3 Å². The number of hydrogen-bond donors (Lipinski definition) is 3. The second kappa shape index (κ2) is 8.82. The van der Waals surface area contributed by atoms with Crippen molar-refractivity contribution in [3.8, 4) is 0 Å². The van der Waals surface area contributed by atoms with E-state index in [0.29, 0.717) is 29.6 Å². The first-order valence-electron chi connectivity index (χ1n) is 9.77. The highest BCUT2D eigenvalue weighted by Gasteiger charge is 2.36. The van der Waals surface area contributed by atoms with Gasteiger partial charge in [0, 0.05) is 30.2 Å². The summed E-state index contributed by atoms with van der Waals surface area (Å²) in [5.41, 5.74) is 0.293. The number of piperidine rings is 2. The third-order valence-electron chi connectivity index (χ3n) is 5.71. The van der Waals surface area contributed by atoms with Gasteiger partial charge in [-0.05, 0) is 45.7 Å². The van der Waals surface area contributed by atoms with Crippen LogP contribution in [-0.2, 0) is 0 Å². The fourth-order valence-electron chi connectivity index (χ4n) is 4.27. The Morgan fingerprint density at radius 3 is 2.65 bits per heavy atom. The summed E-state index contributed by atoms with van der Waals surface area (Å²) in [6.07, 6.45) is 5.16. The van der Waals surface area contributed by atoms with E-state index in [9.17, 15) is 9.50 Å². The van der Waals surface area contributed by atoms with Crippen LogP contribution in [0.15, 0.2) is 29.3 Å². The Kier molecular flexibility index (Phi) is 6.48. The molecule has 0 amide bonds. The minimum Gasteiger partial charge on any atom is -0.386 e. The normalized spacial score (nSPS) is 27.8. The molecule has 5 nitrogen and oxygen atoms in total. The third-order valence-corrected chi connectivity index (χ3v) is 5.71. The van der Waals surface area contributed by atoms with Gasteiger partial charge in [0.15, 0.2) is 5.96 Å². The molecule has 3 unspecified atom stereocenters. The summed E-state index contributed by atoms with van der Waals surface area (Å²) in [6.45, 7) is 2.91. The molecule has 2 bridgehead atoms. The van der Waals surface area contributed by atoms with Crippen molar-refractivity contribution < 1.29 is 9.50 Å². The Morgan fingerprint density at radius 1 is 1.31 bits per heavy atom. The maximum atomic E-state index is 13.8. The van der Waals surface area contributed by atoms with E-state index in [1.54, 1.807) is 18.2 Å². The van der Waals surface area contributed by atoms with Crippen LogP contribution >= 0.6 is 0 Å². The van der Waals surface area contributed by atoms with E-state index in [2.05, 4.69) is 27.6 Å². The van der Waals surface area contributed by atoms with Gasteiger partial charge in [0.1, 0.15) is 11.9 Å². The highest BCUT2D eigenvalue weighted by Crippen LogP contribution is 2.32. The summed E-state index contributed by atoms with van der Waals surface area (Å²) in [6, 6.07) is 8.00. The molecule has 3 atom stereocenters. The van der Waals surface area contributed by atoms with Crippen molar-refractivity contribution in [2.24, 2.45) is 4.99 Å². The standard InChI is InChI=1S/C20H31FN4O/c1-3-22-20(23-13-19(26)17-9-4-5-10-18(17)21)24-14-11-15-7-6-8-16(12-14)25(15)2/h4-5,9-10,14-16,19,26H,3,6-8,11-13H2,1-2H3,(H2,22,23,24). The summed E-state index contributed by atoms with van der Waals surface area (Å²) in [7, 11) is 2.24. The van der Waals surface area contributed by atoms with Crippen molar-refractivity contribution in [1.29, 1.82) is 0 Å². The summed E-state index contributed by atoms with van der Waals surface area (Å²) >= 11 is 0. The van der Waals surface area contributed by atoms with Gasteiger partial charge in [-0.2, -0.15) is 0 Å². The van der Waals surface area contributed by atoms with Crippen molar-refractivity contribution in [3.63, 3.8) is 0 Å². The van der Waals surface area contributed by atoms with Crippen molar-refractivity contribution >= 4 is 5.96 Å². The minimum atomic E-state index is -0.941. The zero-order valence-corrected chi connectivity index (χ0v) is 15.8. The lowest BCUT2D eigenvalue weighted by Gasteiger charge is -2.47. The number of fused-ring (bicyclic) bond motifs is 2. The fraction of sp³-hybridized carbons (Fsp3) is 0.650. The number of guanidine groups is 1. The lowest BCUT2D eigenvalue weighted by atomic mass is 9.82. The first-order valence-corrected chi connectivity index (χ1v) is 9.77. The van der Waals surface area contributed by atoms with Crippen molar-refractivity contribution in [2.45, 2.75) is 63.3 Å². The van der Waals surface area contributed by atoms with E-state index in [0.717, 1.165) is 19.4 Å². The zero-order chi connectivity index (χ0) is 18.5. The molecule has 2 aliphatic rings. The lowest BCUT2D eigenvalue weighted by Crippen LogP contribution is -2.56. The molecular formula is C20H31FN4O. The molecule has 2 saturated heterocycles. The topological polar surface area (TPSA) is 59.9 Å². The molecule has 144 valence electrons. The molecular weight excluding hydrogens is 331 g/mol. The number of aliphatic hydroxyl groups excluding tert-OH is 1. The van der Waals surface area contributed by atoms with Crippen LogP contribution in [0.2, 0.25) is 0 Å². The van der Waals surface area contributed by atoms with Crippen LogP contribution in [-0.4, -0.2) is 54.2 Å². The van der Waals surface area contributed by atoms with Gasteiger partial charge in [0.2, 0.25) is 0 Å². The number of hydrogen-bond acceptors (Lipinski definition) is 3. The Bertz CT molecular complexity index is 610. The molecule has 1 aromatic carbocycles. The molecule has 3 N–H and O–H groups in total. The molecule has 2 fully saturated rings. The first kappa shape index (κ1) is 19.1. The van der Waals surface area contributed by atoms with E-state index >= 15 is 0 Å². The van der Waals surface area contributed by atoms with Crippen LogP contribution in [0.5, 0.6) is 0 Å². The van der Waals surface area contributed by atoms with Crippen LogP contribution in [0.4, 0.5) is 4.39 Å². The van der Waals surface area contributed by atoms with Gasteiger partial charge in [0.05, 0.1) is 6.54 Å². The third kappa shape index (κ3) is 4.54. The predicted molar refractivity (Wildman–Crippen MR) is 103 cm³/mol. The number of rotatable bonds is 5. The van der Waals surface area contributed by atoms with Gasteiger partial charge in [-0.3, -0.25) is 4.99 Å². The van der Waals surface area contributed by atoms with Gasteiger partial charge < -0.3 is 20.6 Å². The molecule has 3 rings (SSSR count). The Hall–Kier alpha value is -1.66. The largest absolute Gasteiger partial charge is 0.386 e. The Balaban J connectivity index is 1.61. The molecule has 1 aromatic rings. The van der Waals surface area contributed by atoms with Gasteiger partial charge >= 0.3 is 0 Å². The molecule has 6 heteroatoms.